The van der Waals surface area contributed by atoms with Crippen LogP contribution in [-0.2, 0) is 4.79 Å². The van der Waals surface area contributed by atoms with E-state index in [9.17, 15) is 19.6 Å². The van der Waals surface area contributed by atoms with E-state index in [1.54, 1.807) is 18.3 Å². The molecule has 168 valence electrons. The number of H-pyrrole nitrogens is 2. The number of nitrogens with zero attached hydrogens (tertiary/aromatic N) is 4. The number of aromatic amines is 2. The highest BCUT2D eigenvalue weighted by Crippen LogP contribution is 2.47. The van der Waals surface area contributed by atoms with E-state index in [0.29, 0.717) is 28.0 Å². The molecule has 3 fully saturated rings. The first kappa shape index (κ1) is 20.9. The average Bonchev–Trinajstić information content (AvgIpc) is 3.46. The third-order valence-corrected chi connectivity index (χ3v) is 6.78. The second-order valence-electron chi connectivity index (χ2n) is 8.63. The van der Waals surface area contributed by atoms with Gasteiger partial charge in [0.1, 0.15) is 29.1 Å². The SMILES string of the molecule is N#Cc1ccc(C(=N[C@H]2C3CCC(CC3)[C@@H]2C(=O)O)N=C(N)c2c[nH]c3ncc(F)cc23)[nH]1. The maximum Gasteiger partial charge on any atom is 0.308 e. The van der Waals surface area contributed by atoms with Gasteiger partial charge in [-0.1, -0.05) is 0 Å². The number of hydrogen-bond acceptors (Lipinski definition) is 4. The maximum atomic E-state index is 13.8. The summed E-state index contributed by atoms with van der Waals surface area (Å²) in [6.07, 6.45) is 6.33. The summed E-state index contributed by atoms with van der Waals surface area (Å²) in [5.41, 5.74) is 8.02. The maximum absolute atomic E-state index is 13.8. The lowest BCUT2D eigenvalue weighted by atomic mass is 9.62. The molecule has 3 aliphatic carbocycles. The Morgan fingerprint density at radius 3 is 2.73 bits per heavy atom. The van der Waals surface area contributed by atoms with Crippen LogP contribution in [0, 0.1) is 34.9 Å². The van der Waals surface area contributed by atoms with Crippen molar-refractivity contribution in [1.29, 1.82) is 5.26 Å². The number of halogens is 1. The van der Waals surface area contributed by atoms with Crippen molar-refractivity contribution in [2.75, 3.05) is 0 Å². The summed E-state index contributed by atoms with van der Waals surface area (Å²) >= 11 is 0. The van der Waals surface area contributed by atoms with Gasteiger partial charge in [-0.25, -0.2) is 14.4 Å². The molecule has 0 spiro atoms. The van der Waals surface area contributed by atoms with E-state index in [0.717, 1.165) is 31.9 Å². The molecule has 2 atom stereocenters. The zero-order chi connectivity index (χ0) is 23.1. The molecule has 3 heterocycles. The minimum atomic E-state index is -0.850. The monoisotopic (exact) mass is 447 g/mol. The summed E-state index contributed by atoms with van der Waals surface area (Å²) in [6.45, 7) is 0. The van der Waals surface area contributed by atoms with Gasteiger partial charge < -0.3 is 20.8 Å². The predicted octanol–water partition coefficient (Wildman–Crippen LogP) is 2.94. The van der Waals surface area contributed by atoms with Crippen molar-refractivity contribution in [3.63, 3.8) is 0 Å². The molecule has 0 aromatic carbocycles. The van der Waals surface area contributed by atoms with Crippen LogP contribution in [0.3, 0.4) is 0 Å². The van der Waals surface area contributed by atoms with Gasteiger partial charge in [0.05, 0.1) is 23.9 Å². The minimum absolute atomic E-state index is 0.0772. The fourth-order valence-electron chi connectivity index (χ4n) is 5.21. The van der Waals surface area contributed by atoms with Crippen molar-refractivity contribution in [2.45, 2.75) is 31.7 Å². The van der Waals surface area contributed by atoms with Gasteiger partial charge in [0.2, 0.25) is 0 Å². The minimum Gasteiger partial charge on any atom is -0.481 e. The van der Waals surface area contributed by atoms with E-state index in [-0.39, 0.29) is 23.5 Å². The standard InChI is InChI=1S/C23H22FN7O2/c24-13-7-15-16(10-28-21(15)27-9-13)20(26)31-22(17-6-5-14(8-25)29-17)30-19-12-3-1-11(2-4-12)18(19)23(32)33/h5-7,9-12,18-19,29H,1-4H2,(H,27,28)(H,32,33)(H2,26,30,31)/t11?,12?,18-,19-/m0/s1. The summed E-state index contributed by atoms with van der Waals surface area (Å²) in [5, 5.41) is 19.6. The Labute approximate surface area is 188 Å². The highest BCUT2D eigenvalue weighted by atomic mass is 19.1. The molecule has 3 aliphatic rings. The van der Waals surface area contributed by atoms with Crippen molar-refractivity contribution in [3.8, 4) is 6.07 Å². The zero-order valence-corrected chi connectivity index (χ0v) is 17.6. The second kappa shape index (κ2) is 8.16. The van der Waals surface area contributed by atoms with Gasteiger partial charge in [0.25, 0.3) is 0 Å². The molecule has 0 saturated heterocycles. The normalized spacial score (nSPS) is 25.3. The molecule has 5 N–H and O–H groups in total. The number of fused-ring (bicyclic) bond motifs is 4. The van der Waals surface area contributed by atoms with Crippen LogP contribution in [0.5, 0.6) is 0 Å². The smallest absolute Gasteiger partial charge is 0.308 e. The third kappa shape index (κ3) is 3.75. The number of hydrogen-bond donors (Lipinski definition) is 4. The number of carboxylic acid groups (broad SMARTS) is 1. The molecule has 6 rings (SSSR count). The number of aliphatic carboxylic acids is 1. The van der Waals surface area contributed by atoms with Crippen LogP contribution in [0.2, 0.25) is 0 Å². The highest BCUT2D eigenvalue weighted by molar-refractivity contribution is 6.15. The van der Waals surface area contributed by atoms with Gasteiger partial charge in [-0.05, 0) is 55.7 Å². The summed E-state index contributed by atoms with van der Waals surface area (Å²) in [6, 6.07) is 6.18. The number of nitrogens with one attached hydrogen (secondary N) is 2. The quantitative estimate of drug-likeness (QED) is 0.357. The van der Waals surface area contributed by atoms with Crippen molar-refractivity contribution < 1.29 is 14.3 Å². The second-order valence-corrected chi connectivity index (χ2v) is 8.63. The molecule has 33 heavy (non-hydrogen) atoms. The first-order valence-corrected chi connectivity index (χ1v) is 10.8. The molecular formula is C23H22FN7O2. The number of rotatable bonds is 4. The van der Waals surface area contributed by atoms with Gasteiger partial charge >= 0.3 is 5.97 Å². The van der Waals surface area contributed by atoms with E-state index in [1.165, 1.54) is 6.07 Å². The van der Waals surface area contributed by atoms with Crippen molar-refractivity contribution in [2.24, 2.45) is 33.5 Å². The van der Waals surface area contributed by atoms with Crippen LogP contribution in [0.25, 0.3) is 11.0 Å². The Balaban J connectivity index is 1.61. The van der Waals surface area contributed by atoms with Crippen molar-refractivity contribution in [3.05, 3.63) is 53.4 Å². The average molecular weight is 447 g/mol. The van der Waals surface area contributed by atoms with Gasteiger partial charge in [-0.2, -0.15) is 5.26 Å². The van der Waals surface area contributed by atoms with Crippen LogP contribution in [0.15, 0.2) is 40.6 Å². The Morgan fingerprint density at radius 1 is 1.27 bits per heavy atom. The molecule has 2 bridgehead atoms. The van der Waals surface area contributed by atoms with Crippen LogP contribution in [0.1, 0.15) is 42.6 Å². The number of nitrogens with two attached hydrogens (primary N) is 1. The fourth-order valence-corrected chi connectivity index (χ4v) is 5.21. The van der Waals surface area contributed by atoms with E-state index >= 15 is 0 Å². The number of aliphatic imine (C=N–C) groups is 2. The number of aromatic nitrogens is 3. The molecule has 3 saturated carbocycles. The molecule has 3 aromatic rings. The van der Waals surface area contributed by atoms with Gasteiger partial charge in [-0.3, -0.25) is 9.79 Å². The van der Waals surface area contributed by atoms with Crippen LogP contribution >= 0.6 is 0 Å². The van der Waals surface area contributed by atoms with Crippen LogP contribution < -0.4 is 5.73 Å². The Morgan fingerprint density at radius 2 is 2.03 bits per heavy atom. The number of carbonyl (C=O) groups is 1. The number of carboxylic acids is 1. The fraction of sp³-hybridized carbons (Fsp3) is 0.348. The lowest BCUT2D eigenvalue weighted by molar-refractivity contribution is -0.148. The predicted molar refractivity (Wildman–Crippen MR) is 119 cm³/mol. The van der Waals surface area contributed by atoms with E-state index < -0.39 is 23.7 Å². The first-order chi connectivity index (χ1) is 15.9. The molecule has 0 aliphatic heterocycles. The molecule has 10 heteroatoms. The van der Waals surface area contributed by atoms with Crippen molar-refractivity contribution in [1.82, 2.24) is 15.0 Å². The Hall–Kier alpha value is -4.00. The molecule has 0 radical (unpaired) electrons. The lowest BCUT2D eigenvalue weighted by Crippen LogP contribution is -2.47. The zero-order valence-electron chi connectivity index (χ0n) is 17.6. The first-order valence-electron chi connectivity index (χ1n) is 10.8. The van der Waals surface area contributed by atoms with E-state index in [4.69, 9.17) is 10.7 Å². The Kier molecular flexibility index (Phi) is 5.17. The van der Waals surface area contributed by atoms with Gasteiger partial charge in [0, 0.05) is 17.1 Å². The number of nitriles is 1. The molecule has 3 aromatic heterocycles. The highest BCUT2D eigenvalue weighted by Gasteiger charge is 2.47. The third-order valence-electron chi connectivity index (χ3n) is 6.78. The molecule has 0 unspecified atom stereocenters. The summed E-state index contributed by atoms with van der Waals surface area (Å²) in [7, 11) is 0. The number of amidine groups is 2. The van der Waals surface area contributed by atoms with Crippen LogP contribution in [0.4, 0.5) is 4.39 Å². The van der Waals surface area contributed by atoms with E-state index in [2.05, 4.69) is 19.9 Å². The topological polar surface area (TPSA) is 156 Å². The lowest BCUT2D eigenvalue weighted by Gasteiger charge is -2.45. The van der Waals surface area contributed by atoms with Gasteiger partial charge in [0.15, 0.2) is 5.84 Å². The molecule has 9 nitrogen and oxygen atoms in total. The summed E-state index contributed by atoms with van der Waals surface area (Å²) in [4.78, 5) is 31.3. The Bertz CT molecular complexity index is 1320. The van der Waals surface area contributed by atoms with Crippen LogP contribution in [-0.4, -0.2) is 43.7 Å². The summed E-state index contributed by atoms with van der Waals surface area (Å²) in [5.74, 6) is -1.40. The van der Waals surface area contributed by atoms with Gasteiger partial charge in [-0.15, -0.1) is 0 Å². The van der Waals surface area contributed by atoms with Crippen molar-refractivity contribution >= 4 is 28.7 Å². The summed E-state index contributed by atoms with van der Waals surface area (Å²) < 4.78 is 13.8. The largest absolute Gasteiger partial charge is 0.481 e. The number of pyridine rings is 1. The molecule has 0 amide bonds. The van der Waals surface area contributed by atoms with E-state index in [1.807, 2.05) is 6.07 Å². The molecular weight excluding hydrogens is 425 g/mol.